The maximum absolute atomic E-state index is 12.6. The van der Waals surface area contributed by atoms with Crippen LogP contribution in [0.5, 0.6) is 0 Å². The molecular formula is C14H11IN2O2S2. The van der Waals surface area contributed by atoms with Crippen LogP contribution in [0.25, 0.3) is 6.08 Å². The Morgan fingerprint density at radius 1 is 1.24 bits per heavy atom. The molecule has 1 aliphatic heterocycles. The molecule has 0 spiro atoms. The molecule has 1 amide bonds. The minimum Gasteiger partial charge on any atom is -0.451 e. The van der Waals surface area contributed by atoms with Crippen molar-refractivity contribution in [1.82, 2.24) is 4.68 Å². The van der Waals surface area contributed by atoms with Crippen LogP contribution in [0.2, 0.25) is 0 Å². The minimum atomic E-state index is -0.126. The number of halogens is 1. The van der Waals surface area contributed by atoms with E-state index < -0.39 is 0 Å². The summed E-state index contributed by atoms with van der Waals surface area (Å²) in [7, 11) is 0. The molecule has 0 unspecified atom stereocenters. The number of thiocarbonyl (C=S) groups is 1. The van der Waals surface area contributed by atoms with Gasteiger partial charge in [-0.3, -0.25) is 9.47 Å². The van der Waals surface area contributed by atoms with Gasteiger partial charge in [-0.25, -0.2) is 0 Å². The van der Waals surface area contributed by atoms with Gasteiger partial charge in [0.2, 0.25) is 0 Å². The lowest BCUT2D eigenvalue weighted by Gasteiger charge is -2.20. The van der Waals surface area contributed by atoms with Crippen molar-refractivity contribution in [2.75, 3.05) is 5.01 Å². The molecule has 2 aromatic rings. The summed E-state index contributed by atoms with van der Waals surface area (Å²) < 4.78 is 8.62. The first kappa shape index (κ1) is 14.9. The summed E-state index contributed by atoms with van der Waals surface area (Å²) >= 11 is 8.73. The molecule has 2 aromatic heterocycles. The predicted molar refractivity (Wildman–Crippen MR) is 96.7 cm³/mol. The Morgan fingerprint density at radius 2 is 1.90 bits per heavy atom. The summed E-state index contributed by atoms with van der Waals surface area (Å²) in [6, 6.07) is 7.62. The van der Waals surface area contributed by atoms with E-state index in [0.717, 1.165) is 15.2 Å². The standard InChI is InChI=1S/C14H11IN2O2S2/c1-8-3-4-9(2)16(8)17-13(18)11(21-14(17)20)7-10-5-6-12(15)19-10/h3-7H,1-2H3/b11-7+. The van der Waals surface area contributed by atoms with Gasteiger partial charge in [0.05, 0.1) is 4.91 Å². The highest BCUT2D eigenvalue weighted by Gasteiger charge is 2.34. The molecule has 1 aliphatic rings. The summed E-state index contributed by atoms with van der Waals surface area (Å²) in [6.07, 6.45) is 1.73. The topological polar surface area (TPSA) is 38.4 Å². The van der Waals surface area contributed by atoms with Gasteiger partial charge in [0.15, 0.2) is 8.09 Å². The van der Waals surface area contributed by atoms with Crippen molar-refractivity contribution < 1.29 is 9.21 Å². The van der Waals surface area contributed by atoms with Gasteiger partial charge in [-0.05, 0) is 72.9 Å². The zero-order valence-corrected chi connectivity index (χ0v) is 15.1. The average Bonchev–Trinajstić information content (AvgIpc) is 3.05. The SMILES string of the molecule is Cc1ccc(C)n1N1C(=O)/C(=C\c2ccc(I)o2)SC1=S. The highest BCUT2D eigenvalue weighted by molar-refractivity contribution is 14.1. The van der Waals surface area contributed by atoms with E-state index in [9.17, 15) is 4.79 Å². The molecule has 0 atom stereocenters. The first-order valence-corrected chi connectivity index (χ1v) is 8.46. The number of nitrogens with zero attached hydrogens (tertiary/aromatic N) is 2. The quantitative estimate of drug-likeness (QED) is 0.413. The number of amides is 1. The van der Waals surface area contributed by atoms with Gasteiger partial charge in [-0.1, -0.05) is 11.8 Å². The normalized spacial score (nSPS) is 17.3. The Bertz CT molecular complexity index is 756. The summed E-state index contributed by atoms with van der Waals surface area (Å²) in [5.41, 5.74) is 1.94. The Balaban J connectivity index is 1.98. The van der Waals surface area contributed by atoms with E-state index in [1.807, 2.05) is 42.8 Å². The van der Waals surface area contributed by atoms with E-state index >= 15 is 0 Å². The second-order valence-corrected chi connectivity index (χ2v) is 7.30. The van der Waals surface area contributed by atoms with Crippen LogP contribution in [-0.2, 0) is 4.79 Å². The number of furan rings is 1. The minimum absolute atomic E-state index is 0.126. The molecule has 21 heavy (non-hydrogen) atoms. The van der Waals surface area contributed by atoms with Crippen molar-refractivity contribution in [3.63, 3.8) is 0 Å². The maximum Gasteiger partial charge on any atom is 0.285 e. The molecule has 1 saturated heterocycles. The lowest BCUT2D eigenvalue weighted by Crippen LogP contribution is -2.39. The number of aromatic nitrogens is 1. The summed E-state index contributed by atoms with van der Waals surface area (Å²) in [5.74, 6) is 0.527. The molecule has 0 N–H and O–H groups in total. The lowest BCUT2D eigenvalue weighted by atomic mass is 10.4. The average molecular weight is 430 g/mol. The fourth-order valence-electron chi connectivity index (χ4n) is 2.14. The van der Waals surface area contributed by atoms with Gasteiger partial charge in [0.25, 0.3) is 5.91 Å². The molecule has 4 nitrogen and oxygen atoms in total. The number of hydrogen-bond donors (Lipinski definition) is 0. The van der Waals surface area contributed by atoms with Gasteiger partial charge >= 0.3 is 0 Å². The van der Waals surface area contributed by atoms with Gasteiger partial charge in [-0.15, -0.1) is 0 Å². The second kappa shape index (κ2) is 5.62. The van der Waals surface area contributed by atoms with E-state index in [1.54, 1.807) is 6.08 Å². The van der Waals surface area contributed by atoms with Gasteiger partial charge in [-0.2, -0.15) is 5.01 Å². The molecule has 0 aromatic carbocycles. The summed E-state index contributed by atoms with van der Waals surface area (Å²) in [5, 5.41) is 1.53. The van der Waals surface area contributed by atoms with Gasteiger partial charge in [0.1, 0.15) is 5.76 Å². The summed E-state index contributed by atoms with van der Waals surface area (Å²) in [4.78, 5) is 13.2. The van der Waals surface area contributed by atoms with Gasteiger partial charge < -0.3 is 4.42 Å². The Morgan fingerprint density at radius 3 is 2.48 bits per heavy atom. The molecular weight excluding hydrogens is 419 g/mol. The van der Waals surface area contributed by atoms with Crippen LogP contribution in [0, 0.1) is 17.6 Å². The van der Waals surface area contributed by atoms with Crippen molar-refractivity contribution >= 4 is 62.9 Å². The van der Waals surface area contributed by atoms with Crippen LogP contribution in [-0.4, -0.2) is 14.9 Å². The number of carbonyl (C=O) groups excluding carboxylic acids is 1. The zero-order valence-electron chi connectivity index (χ0n) is 11.3. The van der Waals surface area contributed by atoms with E-state index in [2.05, 4.69) is 22.6 Å². The van der Waals surface area contributed by atoms with Gasteiger partial charge in [0, 0.05) is 17.5 Å². The van der Waals surface area contributed by atoms with Crippen molar-refractivity contribution in [3.05, 3.63) is 50.1 Å². The molecule has 0 radical (unpaired) electrons. The molecule has 108 valence electrons. The highest BCUT2D eigenvalue weighted by Crippen LogP contribution is 2.33. The van der Waals surface area contributed by atoms with Crippen LogP contribution in [0.3, 0.4) is 0 Å². The lowest BCUT2D eigenvalue weighted by molar-refractivity contribution is -0.114. The Hall–Kier alpha value is -1.06. The van der Waals surface area contributed by atoms with E-state index in [1.165, 1.54) is 16.8 Å². The monoisotopic (exact) mass is 430 g/mol. The van der Waals surface area contributed by atoms with Crippen molar-refractivity contribution in [1.29, 1.82) is 0 Å². The maximum atomic E-state index is 12.6. The third kappa shape index (κ3) is 2.69. The molecule has 0 bridgehead atoms. The van der Waals surface area contributed by atoms with Crippen molar-refractivity contribution in [2.24, 2.45) is 0 Å². The number of carbonyl (C=O) groups is 1. The van der Waals surface area contributed by atoms with E-state index in [4.69, 9.17) is 16.6 Å². The molecule has 3 heterocycles. The van der Waals surface area contributed by atoms with Crippen LogP contribution < -0.4 is 5.01 Å². The molecule has 0 aliphatic carbocycles. The van der Waals surface area contributed by atoms with Crippen LogP contribution in [0.1, 0.15) is 17.1 Å². The molecule has 7 heteroatoms. The fourth-order valence-corrected chi connectivity index (χ4v) is 3.80. The Kier molecular flexibility index (Phi) is 3.98. The second-order valence-electron chi connectivity index (χ2n) is 4.56. The summed E-state index contributed by atoms with van der Waals surface area (Å²) in [6.45, 7) is 3.90. The third-order valence-corrected chi connectivity index (χ3v) is 4.94. The van der Waals surface area contributed by atoms with Crippen LogP contribution in [0.4, 0.5) is 0 Å². The van der Waals surface area contributed by atoms with Crippen molar-refractivity contribution in [2.45, 2.75) is 13.8 Å². The third-order valence-electron chi connectivity index (χ3n) is 3.07. The number of thioether (sulfide) groups is 1. The van der Waals surface area contributed by atoms with Crippen LogP contribution in [0.15, 0.2) is 33.6 Å². The van der Waals surface area contributed by atoms with E-state index in [0.29, 0.717) is 15.0 Å². The zero-order chi connectivity index (χ0) is 15.1. The number of rotatable bonds is 2. The molecule has 1 fully saturated rings. The molecule has 3 rings (SSSR count). The first-order valence-electron chi connectivity index (χ1n) is 6.16. The Labute approximate surface area is 145 Å². The van der Waals surface area contributed by atoms with Crippen LogP contribution >= 0.6 is 46.6 Å². The smallest absolute Gasteiger partial charge is 0.285 e. The number of hydrogen-bond acceptors (Lipinski definition) is 4. The largest absolute Gasteiger partial charge is 0.451 e. The number of aryl methyl sites for hydroxylation is 2. The predicted octanol–water partition coefficient (Wildman–Crippen LogP) is 3.84. The highest BCUT2D eigenvalue weighted by atomic mass is 127. The van der Waals surface area contributed by atoms with E-state index in [-0.39, 0.29) is 5.91 Å². The van der Waals surface area contributed by atoms with Crippen molar-refractivity contribution in [3.8, 4) is 0 Å². The first-order chi connectivity index (χ1) is 9.97. The fraction of sp³-hybridized carbons (Fsp3) is 0.143. The molecule has 0 saturated carbocycles.